The monoisotopic (exact) mass is 178 g/mol. The minimum absolute atomic E-state index is 0.504. The maximum Gasteiger partial charge on any atom is 0.0448 e. The average Bonchev–Trinajstić information content (AvgIpc) is 2.00. The van der Waals surface area contributed by atoms with E-state index >= 15 is 0 Å². The first-order chi connectivity index (χ1) is 4.63. The quantitative estimate of drug-likeness (QED) is 0.447. The van der Waals surface area contributed by atoms with Crippen molar-refractivity contribution in [2.24, 2.45) is 0 Å². The molecule has 0 saturated carbocycles. The number of rotatable bonds is 2. The summed E-state index contributed by atoms with van der Waals surface area (Å²) in [4.78, 5) is 0. The van der Waals surface area contributed by atoms with Crippen LogP contribution in [0.2, 0.25) is 0 Å². The van der Waals surface area contributed by atoms with Crippen LogP contribution in [-0.4, -0.2) is 5.88 Å². The Morgan fingerprint density at radius 3 is 2.20 bits per heavy atom. The zero-order valence-corrected chi connectivity index (χ0v) is 8.05. The Kier molecular flexibility index (Phi) is 4.84. The van der Waals surface area contributed by atoms with E-state index in [2.05, 4.69) is 0 Å². The molecule has 0 unspecified atom stereocenters. The summed E-state index contributed by atoms with van der Waals surface area (Å²) in [6, 6.07) is 0. The molecule has 0 N–H and O–H groups in total. The van der Waals surface area contributed by atoms with Crippen LogP contribution in [0.3, 0.4) is 0 Å². The Morgan fingerprint density at radius 1 is 1.40 bits per heavy atom. The SMILES string of the molecule is C/C=C(C)\C(Cl)=C(/C)CCl. The summed E-state index contributed by atoms with van der Waals surface area (Å²) in [6.07, 6.45) is 1.97. The van der Waals surface area contributed by atoms with Crippen molar-refractivity contribution in [1.82, 2.24) is 0 Å². The molecule has 0 nitrogen and oxygen atoms in total. The average molecular weight is 179 g/mol. The molecule has 2 heteroatoms. The van der Waals surface area contributed by atoms with Gasteiger partial charge in [-0.05, 0) is 31.9 Å². The number of hydrogen-bond acceptors (Lipinski definition) is 0. The molecule has 0 spiro atoms. The highest BCUT2D eigenvalue weighted by atomic mass is 35.5. The molecule has 0 radical (unpaired) electrons. The fourth-order valence-electron chi connectivity index (χ4n) is 0.522. The molecule has 0 heterocycles. The van der Waals surface area contributed by atoms with E-state index < -0.39 is 0 Å². The molecular weight excluding hydrogens is 167 g/mol. The number of allylic oxidation sites excluding steroid dienone is 4. The van der Waals surface area contributed by atoms with Crippen LogP contribution in [0.1, 0.15) is 20.8 Å². The van der Waals surface area contributed by atoms with E-state index in [9.17, 15) is 0 Å². The fourth-order valence-corrected chi connectivity index (χ4v) is 0.900. The van der Waals surface area contributed by atoms with E-state index in [1.165, 1.54) is 0 Å². The normalized spacial score (nSPS) is 15.1. The zero-order valence-electron chi connectivity index (χ0n) is 6.54. The second kappa shape index (κ2) is 4.81. The Morgan fingerprint density at radius 2 is 1.90 bits per heavy atom. The molecule has 0 fully saturated rings. The highest BCUT2D eigenvalue weighted by Gasteiger charge is 1.98. The first kappa shape index (κ1) is 10.1. The lowest BCUT2D eigenvalue weighted by Crippen LogP contribution is -1.84. The molecule has 0 rings (SSSR count). The summed E-state index contributed by atoms with van der Waals surface area (Å²) in [7, 11) is 0. The number of halogens is 2. The third-order valence-corrected chi connectivity index (χ3v) is 2.38. The molecule has 58 valence electrons. The summed E-state index contributed by atoms with van der Waals surface area (Å²) in [5.41, 5.74) is 2.11. The maximum atomic E-state index is 5.91. The van der Waals surface area contributed by atoms with E-state index in [0.29, 0.717) is 5.88 Å². The van der Waals surface area contributed by atoms with Crippen molar-refractivity contribution in [2.75, 3.05) is 5.88 Å². The van der Waals surface area contributed by atoms with Gasteiger partial charge < -0.3 is 0 Å². The van der Waals surface area contributed by atoms with Crippen LogP contribution in [-0.2, 0) is 0 Å². The van der Waals surface area contributed by atoms with Gasteiger partial charge in [0.2, 0.25) is 0 Å². The molecule has 0 aliphatic carbocycles. The third kappa shape index (κ3) is 2.76. The van der Waals surface area contributed by atoms with E-state index in [4.69, 9.17) is 23.2 Å². The Bertz CT molecular complexity index is 166. The zero-order chi connectivity index (χ0) is 8.15. The van der Waals surface area contributed by atoms with Crippen molar-refractivity contribution in [3.05, 3.63) is 22.3 Å². The highest BCUT2D eigenvalue weighted by molar-refractivity contribution is 6.33. The van der Waals surface area contributed by atoms with Gasteiger partial charge in [-0.15, -0.1) is 11.6 Å². The standard InChI is InChI=1S/C8H12Cl2/c1-4-6(2)8(10)7(3)5-9/h4H,5H2,1-3H3/b6-4-,8-7-. The van der Waals surface area contributed by atoms with Crippen LogP contribution >= 0.6 is 23.2 Å². The molecule has 0 bridgehead atoms. The van der Waals surface area contributed by atoms with E-state index in [0.717, 1.165) is 16.2 Å². The van der Waals surface area contributed by atoms with Gasteiger partial charge in [-0.25, -0.2) is 0 Å². The Hall–Kier alpha value is 0.0600. The third-order valence-electron chi connectivity index (χ3n) is 1.35. The summed E-state index contributed by atoms with van der Waals surface area (Å²) < 4.78 is 0. The lowest BCUT2D eigenvalue weighted by atomic mass is 10.2. The summed E-state index contributed by atoms with van der Waals surface area (Å²) in [6.45, 7) is 5.86. The van der Waals surface area contributed by atoms with Crippen molar-refractivity contribution >= 4 is 23.2 Å². The fraction of sp³-hybridized carbons (Fsp3) is 0.500. The highest BCUT2D eigenvalue weighted by Crippen LogP contribution is 2.19. The molecule has 0 aliphatic heterocycles. The van der Waals surface area contributed by atoms with E-state index in [1.54, 1.807) is 0 Å². The second-order valence-electron chi connectivity index (χ2n) is 2.20. The first-order valence-corrected chi connectivity index (χ1v) is 4.09. The Labute approximate surface area is 72.5 Å². The molecule has 0 amide bonds. The van der Waals surface area contributed by atoms with Gasteiger partial charge in [0.05, 0.1) is 0 Å². The first-order valence-electron chi connectivity index (χ1n) is 3.18. The molecule has 0 aromatic heterocycles. The predicted octanol–water partition coefficient (Wildman–Crippen LogP) is 3.70. The second-order valence-corrected chi connectivity index (χ2v) is 2.84. The van der Waals surface area contributed by atoms with Crippen LogP contribution in [0, 0.1) is 0 Å². The topological polar surface area (TPSA) is 0 Å². The smallest absolute Gasteiger partial charge is 0.0448 e. The largest absolute Gasteiger partial charge is 0.122 e. The van der Waals surface area contributed by atoms with Crippen molar-refractivity contribution in [1.29, 1.82) is 0 Å². The van der Waals surface area contributed by atoms with Crippen molar-refractivity contribution in [3.8, 4) is 0 Å². The van der Waals surface area contributed by atoms with Gasteiger partial charge in [0.1, 0.15) is 0 Å². The lowest BCUT2D eigenvalue weighted by Gasteiger charge is -2.00. The van der Waals surface area contributed by atoms with Crippen LogP contribution in [0.25, 0.3) is 0 Å². The summed E-state index contributed by atoms with van der Waals surface area (Å²) >= 11 is 11.5. The van der Waals surface area contributed by atoms with Gasteiger partial charge in [0, 0.05) is 10.9 Å². The predicted molar refractivity (Wildman–Crippen MR) is 48.7 cm³/mol. The molecule has 10 heavy (non-hydrogen) atoms. The molecule has 0 aromatic carbocycles. The van der Waals surface area contributed by atoms with Crippen LogP contribution in [0.4, 0.5) is 0 Å². The van der Waals surface area contributed by atoms with Crippen molar-refractivity contribution in [3.63, 3.8) is 0 Å². The summed E-state index contributed by atoms with van der Waals surface area (Å²) in [5, 5.41) is 0.789. The summed E-state index contributed by atoms with van der Waals surface area (Å²) in [5.74, 6) is 0.504. The minimum Gasteiger partial charge on any atom is -0.122 e. The van der Waals surface area contributed by atoms with Crippen molar-refractivity contribution < 1.29 is 0 Å². The molecule has 0 aromatic rings. The van der Waals surface area contributed by atoms with Crippen molar-refractivity contribution in [2.45, 2.75) is 20.8 Å². The van der Waals surface area contributed by atoms with Gasteiger partial charge >= 0.3 is 0 Å². The number of hydrogen-bond donors (Lipinski definition) is 0. The van der Waals surface area contributed by atoms with Crippen LogP contribution in [0.15, 0.2) is 22.3 Å². The van der Waals surface area contributed by atoms with Gasteiger partial charge in [-0.1, -0.05) is 17.7 Å². The molecular formula is C8H12Cl2. The van der Waals surface area contributed by atoms with Gasteiger partial charge in [-0.3, -0.25) is 0 Å². The Balaban J connectivity index is 4.46. The lowest BCUT2D eigenvalue weighted by molar-refractivity contribution is 1.32. The van der Waals surface area contributed by atoms with Crippen LogP contribution < -0.4 is 0 Å². The van der Waals surface area contributed by atoms with Gasteiger partial charge in [0.25, 0.3) is 0 Å². The molecule has 0 saturated heterocycles. The maximum absolute atomic E-state index is 5.91. The van der Waals surface area contributed by atoms with E-state index in [-0.39, 0.29) is 0 Å². The minimum atomic E-state index is 0.504. The van der Waals surface area contributed by atoms with E-state index in [1.807, 2.05) is 26.8 Å². The molecule has 0 aliphatic rings. The number of alkyl halides is 1. The molecule has 0 atom stereocenters. The van der Waals surface area contributed by atoms with Gasteiger partial charge in [-0.2, -0.15) is 0 Å². The van der Waals surface area contributed by atoms with Gasteiger partial charge in [0.15, 0.2) is 0 Å². The van der Waals surface area contributed by atoms with Crippen LogP contribution in [0.5, 0.6) is 0 Å².